The predicted octanol–water partition coefficient (Wildman–Crippen LogP) is 3.54. The number of rotatable bonds is 7. The maximum atomic E-state index is 12.9. The Hall–Kier alpha value is -3.03. The first-order valence-electron chi connectivity index (χ1n) is 9.01. The number of hydrogen-bond acceptors (Lipinski definition) is 3. The smallest absolute Gasteiger partial charge is 0.251 e. The quantitative estimate of drug-likeness (QED) is 0.623. The minimum atomic E-state index is -3.58. The average Bonchev–Trinajstić information content (AvgIpc) is 2.72. The SMILES string of the molecule is Cc1cccc(S(=O)(=O)NCc2ccc(CNC(=O)c3ccc(F)cc3)cc2)c1. The maximum Gasteiger partial charge on any atom is 0.251 e. The van der Waals surface area contributed by atoms with Crippen molar-refractivity contribution in [3.63, 3.8) is 0 Å². The molecule has 3 aromatic carbocycles. The Labute approximate surface area is 169 Å². The van der Waals surface area contributed by atoms with Crippen LogP contribution in [0, 0.1) is 12.7 Å². The van der Waals surface area contributed by atoms with Gasteiger partial charge < -0.3 is 5.32 Å². The largest absolute Gasteiger partial charge is 0.348 e. The van der Waals surface area contributed by atoms with E-state index in [1.165, 1.54) is 24.3 Å². The number of benzene rings is 3. The number of carbonyl (C=O) groups excluding carboxylic acids is 1. The number of sulfonamides is 1. The predicted molar refractivity (Wildman–Crippen MR) is 109 cm³/mol. The van der Waals surface area contributed by atoms with Crippen LogP contribution < -0.4 is 10.0 Å². The zero-order valence-corrected chi connectivity index (χ0v) is 16.7. The lowest BCUT2D eigenvalue weighted by molar-refractivity contribution is 0.0951. The van der Waals surface area contributed by atoms with E-state index in [1.54, 1.807) is 30.3 Å². The van der Waals surface area contributed by atoms with Gasteiger partial charge in [-0.15, -0.1) is 0 Å². The molecule has 29 heavy (non-hydrogen) atoms. The molecule has 0 heterocycles. The third-order valence-corrected chi connectivity index (χ3v) is 5.75. The van der Waals surface area contributed by atoms with E-state index >= 15 is 0 Å². The molecule has 0 spiro atoms. The highest BCUT2D eigenvalue weighted by molar-refractivity contribution is 7.89. The minimum Gasteiger partial charge on any atom is -0.348 e. The lowest BCUT2D eigenvalue weighted by Gasteiger charge is -2.09. The molecule has 0 radical (unpaired) electrons. The van der Waals surface area contributed by atoms with Crippen LogP contribution >= 0.6 is 0 Å². The molecule has 0 saturated carbocycles. The van der Waals surface area contributed by atoms with Crippen LogP contribution in [-0.2, 0) is 23.1 Å². The molecule has 7 heteroatoms. The van der Waals surface area contributed by atoms with E-state index in [4.69, 9.17) is 0 Å². The highest BCUT2D eigenvalue weighted by atomic mass is 32.2. The summed E-state index contributed by atoms with van der Waals surface area (Å²) in [6.07, 6.45) is 0. The fraction of sp³-hybridized carbons (Fsp3) is 0.136. The number of aryl methyl sites for hydroxylation is 1. The second kappa shape index (κ2) is 8.98. The van der Waals surface area contributed by atoms with Crippen LogP contribution in [0.5, 0.6) is 0 Å². The Morgan fingerprint density at radius 2 is 1.52 bits per heavy atom. The van der Waals surface area contributed by atoms with Crippen molar-refractivity contribution >= 4 is 15.9 Å². The van der Waals surface area contributed by atoms with Crippen molar-refractivity contribution in [2.75, 3.05) is 0 Å². The number of amides is 1. The van der Waals surface area contributed by atoms with Gasteiger partial charge in [0.05, 0.1) is 4.90 Å². The fourth-order valence-electron chi connectivity index (χ4n) is 2.70. The van der Waals surface area contributed by atoms with Crippen LogP contribution in [0.1, 0.15) is 27.0 Å². The molecule has 0 aliphatic rings. The average molecular weight is 412 g/mol. The Morgan fingerprint density at radius 1 is 0.897 bits per heavy atom. The summed E-state index contributed by atoms with van der Waals surface area (Å²) in [5.74, 6) is -0.685. The second-order valence-electron chi connectivity index (χ2n) is 6.65. The summed E-state index contributed by atoms with van der Waals surface area (Å²) in [6.45, 7) is 2.32. The van der Waals surface area contributed by atoms with Crippen LogP contribution in [0.25, 0.3) is 0 Å². The Bertz CT molecular complexity index is 1100. The van der Waals surface area contributed by atoms with Gasteiger partial charge in [-0.25, -0.2) is 17.5 Å². The molecular weight excluding hydrogens is 391 g/mol. The summed E-state index contributed by atoms with van der Waals surface area (Å²) in [5, 5.41) is 2.76. The van der Waals surface area contributed by atoms with Crippen molar-refractivity contribution in [3.8, 4) is 0 Å². The zero-order chi connectivity index (χ0) is 20.9. The van der Waals surface area contributed by atoms with Gasteiger partial charge in [0, 0.05) is 18.7 Å². The molecule has 3 rings (SSSR count). The summed E-state index contributed by atoms with van der Waals surface area (Å²) < 4.78 is 40.3. The summed E-state index contributed by atoms with van der Waals surface area (Å²) in [6, 6.07) is 19.3. The van der Waals surface area contributed by atoms with Crippen LogP contribution in [0.2, 0.25) is 0 Å². The Kier molecular flexibility index (Phi) is 6.41. The molecule has 3 aromatic rings. The van der Waals surface area contributed by atoms with Gasteiger partial charge in [-0.3, -0.25) is 4.79 Å². The van der Waals surface area contributed by atoms with Crippen molar-refractivity contribution in [3.05, 3.63) is 101 Å². The van der Waals surface area contributed by atoms with E-state index in [9.17, 15) is 17.6 Å². The normalized spacial score (nSPS) is 11.2. The number of halogens is 1. The fourth-order valence-corrected chi connectivity index (χ4v) is 3.83. The molecule has 0 aliphatic carbocycles. The molecule has 0 saturated heterocycles. The topological polar surface area (TPSA) is 75.3 Å². The van der Waals surface area contributed by atoms with E-state index < -0.39 is 15.8 Å². The van der Waals surface area contributed by atoms with Gasteiger partial charge in [-0.1, -0.05) is 36.4 Å². The van der Waals surface area contributed by atoms with Gasteiger partial charge in [-0.2, -0.15) is 0 Å². The first kappa shape index (κ1) is 20.7. The monoisotopic (exact) mass is 412 g/mol. The number of hydrogen-bond donors (Lipinski definition) is 2. The molecule has 0 aliphatic heterocycles. The van der Waals surface area contributed by atoms with E-state index in [-0.39, 0.29) is 17.3 Å². The summed E-state index contributed by atoms with van der Waals surface area (Å²) in [4.78, 5) is 12.3. The molecule has 0 fully saturated rings. The van der Waals surface area contributed by atoms with Gasteiger partial charge in [0.2, 0.25) is 10.0 Å². The Balaban J connectivity index is 1.55. The lowest BCUT2D eigenvalue weighted by Crippen LogP contribution is -2.23. The maximum absolute atomic E-state index is 12.9. The molecule has 1 amide bonds. The molecule has 150 valence electrons. The van der Waals surface area contributed by atoms with Gasteiger partial charge in [0.15, 0.2) is 0 Å². The van der Waals surface area contributed by atoms with Crippen molar-refractivity contribution in [1.82, 2.24) is 10.0 Å². The van der Waals surface area contributed by atoms with Crippen LogP contribution in [-0.4, -0.2) is 14.3 Å². The summed E-state index contributed by atoms with van der Waals surface area (Å²) in [7, 11) is -3.58. The summed E-state index contributed by atoms with van der Waals surface area (Å²) >= 11 is 0. The van der Waals surface area contributed by atoms with Gasteiger partial charge in [0.25, 0.3) is 5.91 Å². The molecular formula is C22H21FN2O3S. The van der Waals surface area contributed by atoms with E-state index in [0.29, 0.717) is 12.1 Å². The highest BCUT2D eigenvalue weighted by Gasteiger charge is 2.13. The number of carbonyl (C=O) groups is 1. The van der Waals surface area contributed by atoms with Gasteiger partial charge in [0.1, 0.15) is 5.82 Å². The minimum absolute atomic E-state index is 0.165. The van der Waals surface area contributed by atoms with E-state index in [1.807, 2.05) is 25.1 Å². The van der Waals surface area contributed by atoms with E-state index in [0.717, 1.165) is 16.7 Å². The number of nitrogens with one attached hydrogen (secondary N) is 2. The standard InChI is InChI=1S/C22H21FN2O3S/c1-16-3-2-4-21(13-16)29(27,28)25-15-18-7-5-17(6-8-18)14-24-22(26)19-9-11-20(23)12-10-19/h2-13,25H,14-15H2,1H3,(H,24,26). The molecule has 0 unspecified atom stereocenters. The van der Waals surface area contributed by atoms with Crippen molar-refractivity contribution in [2.45, 2.75) is 24.9 Å². The zero-order valence-electron chi connectivity index (χ0n) is 15.9. The molecule has 5 nitrogen and oxygen atoms in total. The first-order valence-corrected chi connectivity index (χ1v) is 10.5. The van der Waals surface area contributed by atoms with Crippen LogP contribution in [0.15, 0.2) is 77.7 Å². The molecule has 2 N–H and O–H groups in total. The molecule has 0 bridgehead atoms. The Morgan fingerprint density at radius 3 is 2.14 bits per heavy atom. The van der Waals surface area contributed by atoms with Crippen molar-refractivity contribution in [1.29, 1.82) is 0 Å². The van der Waals surface area contributed by atoms with Gasteiger partial charge in [-0.05, 0) is 60.0 Å². The first-order chi connectivity index (χ1) is 13.8. The van der Waals surface area contributed by atoms with E-state index in [2.05, 4.69) is 10.0 Å². The molecule has 0 atom stereocenters. The van der Waals surface area contributed by atoms with Crippen LogP contribution in [0.3, 0.4) is 0 Å². The third kappa shape index (κ3) is 5.73. The van der Waals surface area contributed by atoms with Gasteiger partial charge >= 0.3 is 0 Å². The van der Waals surface area contributed by atoms with Crippen LogP contribution in [0.4, 0.5) is 4.39 Å². The lowest BCUT2D eigenvalue weighted by atomic mass is 10.1. The van der Waals surface area contributed by atoms with Crippen molar-refractivity contribution < 1.29 is 17.6 Å². The second-order valence-corrected chi connectivity index (χ2v) is 8.41. The summed E-state index contributed by atoms with van der Waals surface area (Å²) in [5.41, 5.74) is 2.93. The third-order valence-electron chi connectivity index (χ3n) is 4.35. The molecule has 0 aromatic heterocycles. The highest BCUT2D eigenvalue weighted by Crippen LogP contribution is 2.12. The van der Waals surface area contributed by atoms with Crippen molar-refractivity contribution in [2.24, 2.45) is 0 Å².